The van der Waals surface area contributed by atoms with Gasteiger partial charge in [0.2, 0.25) is 0 Å². The molecule has 4 rings (SSSR count). The third kappa shape index (κ3) is 4.53. The van der Waals surface area contributed by atoms with Crippen molar-refractivity contribution < 1.29 is 4.79 Å². The van der Waals surface area contributed by atoms with Crippen molar-refractivity contribution in [1.29, 1.82) is 0 Å². The van der Waals surface area contributed by atoms with E-state index in [9.17, 15) is 4.79 Å². The summed E-state index contributed by atoms with van der Waals surface area (Å²) < 4.78 is 0. The number of hydrogen-bond donors (Lipinski definition) is 2. The van der Waals surface area contributed by atoms with E-state index in [1.54, 1.807) is 0 Å². The van der Waals surface area contributed by atoms with Crippen molar-refractivity contribution in [2.45, 2.75) is 31.2 Å². The SMILES string of the molecule is CN1CCN(c2ncccc2CNC(=O)NCC2(c3ccccc3)CCC2)CC1. The van der Waals surface area contributed by atoms with E-state index >= 15 is 0 Å². The van der Waals surface area contributed by atoms with Gasteiger partial charge in [0.05, 0.1) is 0 Å². The number of hydrogen-bond acceptors (Lipinski definition) is 4. The van der Waals surface area contributed by atoms with Crippen LogP contribution in [-0.4, -0.2) is 55.7 Å². The molecule has 0 spiro atoms. The van der Waals surface area contributed by atoms with Crippen LogP contribution in [0.2, 0.25) is 0 Å². The topological polar surface area (TPSA) is 60.5 Å². The Morgan fingerprint density at radius 1 is 1.03 bits per heavy atom. The molecule has 29 heavy (non-hydrogen) atoms. The van der Waals surface area contributed by atoms with Gasteiger partial charge in [-0.15, -0.1) is 0 Å². The smallest absolute Gasteiger partial charge is 0.315 e. The van der Waals surface area contributed by atoms with E-state index < -0.39 is 0 Å². The fraction of sp³-hybridized carbons (Fsp3) is 0.478. The van der Waals surface area contributed by atoms with Crippen LogP contribution in [0.5, 0.6) is 0 Å². The maximum atomic E-state index is 12.5. The number of anilines is 1. The minimum atomic E-state index is -0.111. The molecule has 1 aliphatic heterocycles. The lowest BCUT2D eigenvalue weighted by atomic mass is 9.64. The number of nitrogens with one attached hydrogen (secondary N) is 2. The summed E-state index contributed by atoms with van der Waals surface area (Å²) in [5, 5.41) is 6.14. The minimum Gasteiger partial charge on any atom is -0.354 e. The number of piperazine rings is 1. The monoisotopic (exact) mass is 393 g/mol. The molecular weight excluding hydrogens is 362 g/mol. The van der Waals surface area contributed by atoms with Crippen LogP contribution in [0.3, 0.4) is 0 Å². The third-order valence-electron chi connectivity index (χ3n) is 6.39. The summed E-state index contributed by atoms with van der Waals surface area (Å²) >= 11 is 0. The molecule has 6 heteroatoms. The fourth-order valence-electron chi connectivity index (χ4n) is 4.32. The number of nitrogens with zero attached hydrogens (tertiary/aromatic N) is 3. The maximum Gasteiger partial charge on any atom is 0.315 e. The Kier molecular flexibility index (Phi) is 6.00. The van der Waals surface area contributed by atoms with E-state index in [-0.39, 0.29) is 11.4 Å². The first-order valence-corrected chi connectivity index (χ1v) is 10.6. The Morgan fingerprint density at radius 2 is 1.79 bits per heavy atom. The molecule has 1 saturated heterocycles. The quantitative estimate of drug-likeness (QED) is 0.792. The van der Waals surface area contributed by atoms with Gasteiger partial charge in [0.25, 0.3) is 0 Å². The molecule has 1 saturated carbocycles. The highest BCUT2D eigenvalue weighted by Crippen LogP contribution is 2.43. The molecule has 1 aromatic heterocycles. The molecule has 0 unspecified atom stereocenters. The Labute approximate surface area is 173 Å². The van der Waals surface area contributed by atoms with Crippen molar-refractivity contribution in [3.8, 4) is 0 Å². The van der Waals surface area contributed by atoms with Gasteiger partial charge in [0.1, 0.15) is 5.82 Å². The van der Waals surface area contributed by atoms with Crippen molar-refractivity contribution >= 4 is 11.8 Å². The van der Waals surface area contributed by atoms with Crippen molar-refractivity contribution in [2.75, 3.05) is 44.7 Å². The van der Waals surface area contributed by atoms with Gasteiger partial charge in [0, 0.05) is 56.4 Å². The molecule has 6 nitrogen and oxygen atoms in total. The van der Waals surface area contributed by atoms with Crippen molar-refractivity contribution in [3.05, 3.63) is 59.8 Å². The number of benzene rings is 1. The summed E-state index contributed by atoms with van der Waals surface area (Å²) in [6.45, 7) is 5.16. The van der Waals surface area contributed by atoms with Gasteiger partial charge in [0.15, 0.2) is 0 Å². The van der Waals surface area contributed by atoms with Crippen LogP contribution in [0.25, 0.3) is 0 Å². The van der Waals surface area contributed by atoms with Crippen LogP contribution in [0.4, 0.5) is 10.6 Å². The van der Waals surface area contributed by atoms with Gasteiger partial charge >= 0.3 is 6.03 Å². The molecule has 1 aromatic carbocycles. The predicted octanol–water partition coefficient (Wildman–Crippen LogP) is 2.75. The zero-order valence-electron chi connectivity index (χ0n) is 17.2. The lowest BCUT2D eigenvalue weighted by Crippen LogP contribution is -2.48. The molecule has 2 aliphatic rings. The molecule has 0 bridgehead atoms. The summed E-state index contributed by atoms with van der Waals surface area (Å²) in [5.74, 6) is 0.987. The lowest BCUT2D eigenvalue weighted by Gasteiger charge is -2.42. The molecule has 1 aliphatic carbocycles. The highest BCUT2D eigenvalue weighted by molar-refractivity contribution is 5.74. The molecular formula is C23H31N5O. The number of carbonyl (C=O) groups is 1. The molecule has 154 valence electrons. The number of carbonyl (C=O) groups excluding carboxylic acids is 1. The summed E-state index contributed by atoms with van der Waals surface area (Å²) in [6, 6.07) is 14.4. The maximum absolute atomic E-state index is 12.5. The minimum absolute atomic E-state index is 0.0951. The van der Waals surface area contributed by atoms with Gasteiger partial charge in [-0.2, -0.15) is 0 Å². The number of rotatable bonds is 6. The number of pyridine rings is 1. The molecule has 2 fully saturated rings. The van der Waals surface area contributed by atoms with E-state index in [0.717, 1.165) is 50.4 Å². The van der Waals surface area contributed by atoms with Gasteiger partial charge < -0.3 is 20.4 Å². The van der Waals surface area contributed by atoms with Gasteiger partial charge in [-0.05, 0) is 31.5 Å². The first-order chi connectivity index (χ1) is 14.2. The second kappa shape index (κ2) is 8.82. The predicted molar refractivity (Wildman–Crippen MR) is 116 cm³/mol. The van der Waals surface area contributed by atoms with E-state index in [2.05, 4.69) is 62.8 Å². The highest BCUT2D eigenvalue weighted by atomic mass is 16.2. The molecule has 2 heterocycles. The molecule has 2 N–H and O–H groups in total. The van der Waals surface area contributed by atoms with Crippen molar-refractivity contribution in [1.82, 2.24) is 20.5 Å². The number of likely N-dealkylation sites (N-methyl/N-ethyl adjacent to an activating group) is 1. The van der Waals surface area contributed by atoms with Gasteiger partial charge in [-0.25, -0.2) is 9.78 Å². The first kappa shape index (κ1) is 19.7. The lowest BCUT2D eigenvalue weighted by molar-refractivity contribution is 0.214. The van der Waals surface area contributed by atoms with E-state index in [4.69, 9.17) is 0 Å². The molecule has 2 aromatic rings. The Hall–Kier alpha value is -2.60. The van der Waals surface area contributed by atoms with Crippen molar-refractivity contribution in [3.63, 3.8) is 0 Å². The van der Waals surface area contributed by atoms with Gasteiger partial charge in [-0.1, -0.05) is 42.8 Å². The zero-order valence-corrected chi connectivity index (χ0v) is 17.2. The fourth-order valence-corrected chi connectivity index (χ4v) is 4.32. The molecule has 0 radical (unpaired) electrons. The molecule has 2 amide bonds. The first-order valence-electron chi connectivity index (χ1n) is 10.6. The Bertz CT molecular complexity index is 813. The van der Waals surface area contributed by atoms with Crippen LogP contribution >= 0.6 is 0 Å². The van der Waals surface area contributed by atoms with Crippen LogP contribution < -0.4 is 15.5 Å². The Morgan fingerprint density at radius 3 is 2.48 bits per heavy atom. The second-order valence-corrected chi connectivity index (χ2v) is 8.31. The van der Waals surface area contributed by atoms with Crippen LogP contribution in [-0.2, 0) is 12.0 Å². The summed E-state index contributed by atoms with van der Waals surface area (Å²) in [5.41, 5.74) is 2.49. The van der Waals surface area contributed by atoms with Crippen LogP contribution in [0, 0.1) is 0 Å². The largest absolute Gasteiger partial charge is 0.354 e. The van der Waals surface area contributed by atoms with Crippen LogP contribution in [0.1, 0.15) is 30.4 Å². The molecule has 0 atom stereocenters. The Balaban J connectivity index is 1.32. The van der Waals surface area contributed by atoms with Gasteiger partial charge in [-0.3, -0.25) is 0 Å². The average molecular weight is 394 g/mol. The third-order valence-corrected chi connectivity index (χ3v) is 6.39. The van der Waals surface area contributed by atoms with E-state index in [1.807, 2.05) is 18.3 Å². The second-order valence-electron chi connectivity index (χ2n) is 8.31. The summed E-state index contributed by atoms with van der Waals surface area (Å²) in [6.07, 6.45) is 5.32. The van der Waals surface area contributed by atoms with E-state index in [1.165, 1.54) is 12.0 Å². The average Bonchev–Trinajstić information content (AvgIpc) is 2.73. The standard InChI is InChI=1S/C23H31N5O/c1-27-13-15-28(16-14-27)21-19(7-5-12-24-21)17-25-22(29)26-18-23(10-6-11-23)20-8-3-2-4-9-20/h2-5,7-9,12H,6,10-11,13-18H2,1H3,(H2,25,26,29). The summed E-state index contributed by atoms with van der Waals surface area (Å²) in [7, 11) is 2.15. The number of amides is 2. The number of aromatic nitrogens is 1. The normalized spacial score (nSPS) is 18.7. The van der Waals surface area contributed by atoms with Crippen molar-refractivity contribution in [2.24, 2.45) is 0 Å². The van der Waals surface area contributed by atoms with Crippen LogP contribution in [0.15, 0.2) is 48.7 Å². The zero-order chi connectivity index (χ0) is 20.1. The highest BCUT2D eigenvalue weighted by Gasteiger charge is 2.38. The van der Waals surface area contributed by atoms with E-state index in [0.29, 0.717) is 13.1 Å². The number of urea groups is 1. The summed E-state index contributed by atoms with van der Waals surface area (Å²) in [4.78, 5) is 21.7.